The van der Waals surface area contributed by atoms with E-state index in [0.29, 0.717) is 5.69 Å². The summed E-state index contributed by atoms with van der Waals surface area (Å²) in [5, 5.41) is 4.30. The fourth-order valence-corrected chi connectivity index (χ4v) is 1.29. The molecule has 0 spiro atoms. The zero-order valence-corrected chi connectivity index (χ0v) is 8.31. The van der Waals surface area contributed by atoms with E-state index in [-0.39, 0.29) is 0 Å². The van der Waals surface area contributed by atoms with Gasteiger partial charge in [-0.05, 0) is 26.2 Å². The molecule has 0 bridgehead atoms. The van der Waals surface area contributed by atoms with Gasteiger partial charge in [-0.15, -0.1) is 5.10 Å². The van der Waals surface area contributed by atoms with Crippen molar-refractivity contribution in [2.45, 2.75) is 6.54 Å². The summed E-state index contributed by atoms with van der Waals surface area (Å²) in [6.45, 7) is 0.738. The first kappa shape index (κ1) is 8.96. The minimum atomic E-state index is 0.693. The SMILES string of the molecule is CN(C)Cc1nc2ccc(N)cn2n1. The monoisotopic (exact) mass is 191 g/mol. The number of hydrogen-bond acceptors (Lipinski definition) is 4. The highest BCUT2D eigenvalue weighted by molar-refractivity contribution is 5.46. The molecule has 14 heavy (non-hydrogen) atoms. The fourth-order valence-electron chi connectivity index (χ4n) is 1.29. The molecule has 0 amide bonds. The molecule has 0 aliphatic rings. The first-order chi connectivity index (χ1) is 6.65. The lowest BCUT2D eigenvalue weighted by Crippen LogP contribution is -2.11. The van der Waals surface area contributed by atoms with E-state index in [1.54, 1.807) is 10.7 Å². The first-order valence-electron chi connectivity index (χ1n) is 4.40. The average Bonchev–Trinajstić information content (AvgIpc) is 2.44. The van der Waals surface area contributed by atoms with Crippen LogP contribution in [0.5, 0.6) is 0 Å². The maximum Gasteiger partial charge on any atom is 0.165 e. The van der Waals surface area contributed by atoms with Crippen molar-refractivity contribution < 1.29 is 0 Å². The highest BCUT2D eigenvalue weighted by Gasteiger charge is 2.03. The summed E-state index contributed by atoms with van der Waals surface area (Å²) < 4.78 is 1.70. The second kappa shape index (κ2) is 3.26. The molecule has 0 fully saturated rings. The summed E-state index contributed by atoms with van der Waals surface area (Å²) in [7, 11) is 3.97. The van der Waals surface area contributed by atoms with Gasteiger partial charge in [0.25, 0.3) is 0 Å². The molecule has 0 aliphatic carbocycles. The number of aromatic nitrogens is 3. The highest BCUT2D eigenvalue weighted by Crippen LogP contribution is 2.06. The number of anilines is 1. The van der Waals surface area contributed by atoms with E-state index in [0.717, 1.165) is 18.0 Å². The summed E-state index contributed by atoms with van der Waals surface area (Å²) >= 11 is 0. The van der Waals surface area contributed by atoms with Crippen LogP contribution in [-0.2, 0) is 6.54 Å². The van der Waals surface area contributed by atoms with Crippen molar-refractivity contribution in [1.29, 1.82) is 0 Å². The number of nitrogens with zero attached hydrogens (tertiary/aromatic N) is 4. The zero-order chi connectivity index (χ0) is 10.1. The lowest BCUT2D eigenvalue weighted by Gasteiger charge is -2.03. The van der Waals surface area contributed by atoms with Gasteiger partial charge in [-0.1, -0.05) is 0 Å². The van der Waals surface area contributed by atoms with E-state index in [1.807, 2.05) is 31.1 Å². The van der Waals surface area contributed by atoms with Crippen LogP contribution in [0.15, 0.2) is 18.3 Å². The Bertz CT molecular complexity index is 445. The molecule has 5 heteroatoms. The van der Waals surface area contributed by atoms with Gasteiger partial charge in [0, 0.05) is 0 Å². The van der Waals surface area contributed by atoms with Gasteiger partial charge < -0.3 is 10.6 Å². The molecule has 0 saturated carbocycles. The van der Waals surface area contributed by atoms with Crippen molar-refractivity contribution in [3.8, 4) is 0 Å². The topological polar surface area (TPSA) is 59.5 Å². The molecule has 5 nitrogen and oxygen atoms in total. The van der Waals surface area contributed by atoms with Gasteiger partial charge in [0.1, 0.15) is 0 Å². The number of nitrogens with two attached hydrogens (primary N) is 1. The van der Waals surface area contributed by atoms with E-state index >= 15 is 0 Å². The van der Waals surface area contributed by atoms with Crippen molar-refractivity contribution in [2.24, 2.45) is 0 Å². The van der Waals surface area contributed by atoms with Gasteiger partial charge in [-0.2, -0.15) is 0 Å². The molecule has 0 unspecified atom stereocenters. The van der Waals surface area contributed by atoms with Crippen molar-refractivity contribution in [1.82, 2.24) is 19.5 Å². The van der Waals surface area contributed by atoms with E-state index in [9.17, 15) is 0 Å². The molecule has 2 rings (SSSR count). The minimum Gasteiger partial charge on any atom is -0.397 e. The van der Waals surface area contributed by atoms with Crippen LogP contribution in [0.4, 0.5) is 5.69 Å². The highest BCUT2D eigenvalue weighted by atomic mass is 15.3. The van der Waals surface area contributed by atoms with Crippen LogP contribution in [0.3, 0.4) is 0 Å². The Morgan fingerprint density at radius 2 is 2.21 bits per heavy atom. The van der Waals surface area contributed by atoms with Crippen LogP contribution < -0.4 is 5.73 Å². The third-order valence-corrected chi connectivity index (χ3v) is 1.86. The second-order valence-electron chi connectivity index (χ2n) is 3.53. The normalized spacial score (nSPS) is 11.4. The molecule has 0 radical (unpaired) electrons. The standard InChI is InChI=1S/C9H13N5/c1-13(2)6-8-11-9-4-3-7(10)5-14(9)12-8/h3-5H,6,10H2,1-2H3. The van der Waals surface area contributed by atoms with Gasteiger partial charge in [-0.3, -0.25) is 0 Å². The fraction of sp³-hybridized carbons (Fsp3) is 0.333. The molecule has 0 aliphatic heterocycles. The van der Waals surface area contributed by atoms with Gasteiger partial charge in [0.15, 0.2) is 11.5 Å². The molecular weight excluding hydrogens is 178 g/mol. The molecule has 0 aromatic carbocycles. The Hall–Kier alpha value is -1.62. The predicted molar refractivity (Wildman–Crippen MR) is 54.8 cm³/mol. The maximum absolute atomic E-state index is 5.64. The van der Waals surface area contributed by atoms with E-state index in [2.05, 4.69) is 10.1 Å². The number of fused-ring (bicyclic) bond motifs is 1. The van der Waals surface area contributed by atoms with E-state index < -0.39 is 0 Å². The lowest BCUT2D eigenvalue weighted by atomic mass is 10.4. The molecule has 74 valence electrons. The van der Waals surface area contributed by atoms with E-state index in [4.69, 9.17) is 5.73 Å². The Kier molecular flexibility index (Phi) is 2.09. The van der Waals surface area contributed by atoms with Crippen LogP contribution in [0.25, 0.3) is 5.65 Å². The van der Waals surface area contributed by atoms with Crippen molar-refractivity contribution in [3.63, 3.8) is 0 Å². The van der Waals surface area contributed by atoms with Gasteiger partial charge >= 0.3 is 0 Å². The largest absolute Gasteiger partial charge is 0.397 e. The van der Waals surface area contributed by atoms with Crippen LogP contribution in [0, 0.1) is 0 Å². The molecule has 0 saturated heterocycles. The summed E-state index contributed by atoms with van der Waals surface area (Å²) in [5.41, 5.74) is 7.16. The number of hydrogen-bond donors (Lipinski definition) is 1. The summed E-state index contributed by atoms with van der Waals surface area (Å²) in [6, 6.07) is 3.69. The number of pyridine rings is 1. The Morgan fingerprint density at radius 3 is 2.93 bits per heavy atom. The van der Waals surface area contributed by atoms with Gasteiger partial charge in [0.05, 0.1) is 18.4 Å². The summed E-state index contributed by atoms with van der Waals surface area (Å²) in [4.78, 5) is 6.37. The summed E-state index contributed by atoms with van der Waals surface area (Å²) in [5.74, 6) is 0.806. The molecule has 2 aromatic rings. The lowest BCUT2D eigenvalue weighted by molar-refractivity contribution is 0.390. The molecule has 2 N–H and O–H groups in total. The second-order valence-corrected chi connectivity index (χ2v) is 3.53. The Labute approximate surface area is 82.2 Å². The van der Waals surface area contributed by atoms with Crippen LogP contribution in [-0.4, -0.2) is 33.6 Å². The Morgan fingerprint density at radius 1 is 1.43 bits per heavy atom. The average molecular weight is 191 g/mol. The Balaban J connectivity index is 2.41. The van der Waals surface area contributed by atoms with Crippen molar-refractivity contribution in [2.75, 3.05) is 19.8 Å². The van der Waals surface area contributed by atoms with Crippen molar-refractivity contribution in [3.05, 3.63) is 24.2 Å². The minimum absolute atomic E-state index is 0.693. The summed E-state index contributed by atoms with van der Waals surface area (Å²) in [6.07, 6.45) is 1.77. The molecule has 2 aromatic heterocycles. The predicted octanol–water partition coefficient (Wildman–Crippen LogP) is 0.373. The number of nitrogen functional groups attached to an aromatic ring is 1. The van der Waals surface area contributed by atoms with Crippen LogP contribution in [0.1, 0.15) is 5.82 Å². The van der Waals surface area contributed by atoms with Crippen LogP contribution in [0.2, 0.25) is 0 Å². The van der Waals surface area contributed by atoms with Crippen LogP contribution >= 0.6 is 0 Å². The third-order valence-electron chi connectivity index (χ3n) is 1.86. The van der Waals surface area contributed by atoms with E-state index in [1.165, 1.54) is 0 Å². The van der Waals surface area contributed by atoms with Gasteiger partial charge in [-0.25, -0.2) is 9.50 Å². The number of rotatable bonds is 2. The zero-order valence-electron chi connectivity index (χ0n) is 8.31. The maximum atomic E-state index is 5.64. The smallest absolute Gasteiger partial charge is 0.165 e. The molecule has 2 heterocycles. The van der Waals surface area contributed by atoms with Crippen molar-refractivity contribution >= 4 is 11.3 Å². The third kappa shape index (κ3) is 1.67. The molecule has 0 atom stereocenters. The quantitative estimate of drug-likeness (QED) is 0.745. The molecular formula is C9H13N5. The first-order valence-corrected chi connectivity index (χ1v) is 4.40. The van der Waals surface area contributed by atoms with Gasteiger partial charge in [0.2, 0.25) is 0 Å².